The van der Waals surface area contributed by atoms with Gasteiger partial charge in [0.25, 0.3) is 17.7 Å². The number of imidazole rings is 1. The first kappa shape index (κ1) is 54.7. The molecule has 3 heterocycles. The summed E-state index contributed by atoms with van der Waals surface area (Å²) in [4.78, 5) is 92.2. The van der Waals surface area contributed by atoms with Gasteiger partial charge in [-0.15, -0.1) is 0 Å². The van der Waals surface area contributed by atoms with E-state index in [1.54, 1.807) is 121 Å². The summed E-state index contributed by atoms with van der Waals surface area (Å²) in [7, 11) is 8.94. The van der Waals surface area contributed by atoms with E-state index in [4.69, 9.17) is 4.74 Å². The number of hydrogen-bond donors (Lipinski definition) is 7. The molecular formula is C45H60FeN12O8+2. The molecule has 5 rings (SSSR count). The monoisotopic (exact) mass is 952 g/mol. The number of carbonyl (C=O) groups excluding carboxylic acids is 7. The summed E-state index contributed by atoms with van der Waals surface area (Å²) in [6.45, 7) is 7.82. The van der Waals surface area contributed by atoms with Gasteiger partial charge in [0.15, 0.2) is 5.82 Å². The fourth-order valence-corrected chi connectivity index (χ4v) is 6.09. The number of nitrogens with one attached hydrogen (secondary N) is 7. The Kier molecular flexibility index (Phi) is 21.9. The van der Waals surface area contributed by atoms with Gasteiger partial charge in [-0.2, -0.15) is 0 Å². The van der Waals surface area contributed by atoms with Gasteiger partial charge in [0.1, 0.15) is 17.0 Å². The van der Waals surface area contributed by atoms with Gasteiger partial charge in [0.05, 0.1) is 23.2 Å². The average molecular weight is 953 g/mol. The SMILES string of the molecule is CC(C)(C)OC(=O)NCCNC(=O)[C]1[CH][CH][CH][CH]1.CN(C)CCCNC(=O)c1cc(NC(=O)c2nc(NC(=O)c3cc(NC(=O)CCCNC(=O)[C]4[CH][CH][CH][CH]4)cn3C)cn2C)cn1C.[Fe+2]. The van der Waals surface area contributed by atoms with Crippen molar-refractivity contribution in [2.45, 2.75) is 45.6 Å². The van der Waals surface area contributed by atoms with Crippen LogP contribution in [0.4, 0.5) is 22.0 Å². The fourth-order valence-electron chi connectivity index (χ4n) is 6.09. The van der Waals surface area contributed by atoms with Crippen molar-refractivity contribution in [1.29, 1.82) is 0 Å². The van der Waals surface area contributed by atoms with Gasteiger partial charge in [-0.1, -0.05) is 0 Å². The molecule has 2 fully saturated rings. The number of amides is 7. The molecule has 20 nitrogen and oxygen atoms in total. The zero-order chi connectivity index (χ0) is 47.7. The second-order valence-electron chi connectivity index (χ2n) is 16.3. The van der Waals surface area contributed by atoms with Crippen LogP contribution >= 0.6 is 0 Å². The number of alkyl carbamates (subject to hydrolysis) is 1. The number of aromatic nitrogens is 4. The molecule has 2 saturated carbocycles. The summed E-state index contributed by atoms with van der Waals surface area (Å²) in [6.07, 6.45) is 19.8. The summed E-state index contributed by atoms with van der Waals surface area (Å²) in [6, 6.07) is 3.12. The van der Waals surface area contributed by atoms with E-state index in [1.165, 1.54) is 16.8 Å². The summed E-state index contributed by atoms with van der Waals surface area (Å²) in [5.74, 6) is -0.448. The van der Waals surface area contributed by atoms with Crippen LogP contribution in [0.25, 0.3) is 0 Å². The van der Waals surface area contributed by atoms with Gasteiger partial charge >= 0.3 is 23.2 Å². The summed E-state index contributed by atoms with van der Waals surface area (Å²) < 4.78 is 9.72. The molecule has 10 radical (unpaired) electrons. The van der Waals surface area contributed by atoms with Crippen molar-refractivity contribution < 1.29 is 55.4 Å². The number of nitrogens with zero attached hydrogens (tertiary/aromatic N) is 5. The van der Waals surface area contributed by atoms with E-state index in [1.807, 2.05) is 19.0 Å². The first-order valence-corrected chi connectivity index (χ1v) is 21.0. The van der Waals surface area contributed by atoms with E-state index in [0.29, 0.717) is 61.5 Å². The minimum Gasteiger partial charge on any atom is -0.444 e. The first-order valence-electron chi connectivity index (χ1n) is 21.0. The molecule has 0 aromatic carbocycles. The van der Waals surface area contributed by atoms with Crippen LogP contribution in [0.2, 0.25) is 0 Å². The minimum absolute atomic E-state index is 0. The molecule has 66 heavy (non-hydrogen) atoms. The Bertz CT molecular complexity index is 2110. The van der Waals surface area contributed by atoms with E-state index in [0.717, 1.165) is 13.0 Å². The van der Waals surface area contributed by atoms with E-state index in [9.17, 15) is 33.6 Å². The molecule has 0 spiro atoms. The van der Waals surface area contributed by atoms with Crippen LogP contribution in [-0.4, -0.2) is 118 Å². The van der Waals surface area contributed by atoms with Crippen molar-refractivity contribution in [2.24, 2.45) is 21.1 Å². The quantitative estimate of drug-likeness (QED) is 0.0684. The molecule has 0 atom stereocenters. The van der Waals surface area contributed by atoms with Gasteiger partial charge in [-0.25, -0.2) is 9.78 Å². The van der Waals surface area contributed by atoms with Crippen molar-refractivity contribution in [3.8, 4) is 0 Å². The van der Waals surface area contributed by atoms with Crippen molar-refractivity contribution in [3.05, 3.63) is 111 Å². The molecule has 3 aromatic rings. The third-order valence-corrected chi connectivity index (χ3v) is 9.20. The van der Waals surface area contributed by atoms with Crippen molar-refractivity contribution >= 4 is 58.7 Å². The van der Waals surface area contributed by atoms with E-state index in [2.05, 4.69) is 42.2 Å². The van der Waals surface area contributed by atoms with Crippen molar-refractivity contribution in [3.63, 3.8) is 0 Å². The summed E-state index contributed by atoms with van der Waals surface area (Å²) >= 11 is 0. The van der Waals surface area contributed by atoms with Crippen LogP contribution in [-0.2, 0) is 57.3 Å². The number of carbonyl (C=O) groups is 7. The Balaban J connectivity index is 0.000000511. The molecule has 2 aliphatic carbocycles. The molecule has 7 N–H and O–H groups in total. The number of rotatable bonds is 19. The Hall–Kier alpha value is -5.66. The maximum absolute atomic E-state index is 13.0. The molecular weight excluding hydrogens is 892 g/mol. The molecule has 2 aliphatic rings. The molecule has 0 aliphatic heterocycles. The zero-order valence-electron chi connectivity index (χ0n) is 38.5. The summed E-state index contributed by atoms with van der Waals surface area (Å²) in [5, 5.41) is 19.1. The Morgan fingerprint density at radius 2 is 1.11 bits per heavy atom. The van der Waals surface area contributed by atoms with Crippen LogP contribution in [0.3, 0.4) is 0 Å². The second kappa shape index (κ2) is 26.5. The van der Waals surface area contributed by atoms with Gasteiger partial charge in [-0.3, -0.25) is 28.8 Å². The molecule has 21 heteroatoms. The van der Waals surface area contributed by atoms with Crippen molar-refractivity contribution in [2.75, 3.05) is 62.8 Å². The molecule has 0 unspecified atom stereocenters. The Morgan fingerprint density at radius 3 is 1.67 bits per heavy atom. The number of aryl methyl sites for hydroxylation is 3. The maximum Gasteiger partial charge on any atom is 2.00 e. The topological polar surface area (TPSA) is 244 Å². The predicted octanol–water partition coefficient (Wildman–Crippen LogP) is 2.55. The van der Waals surface area contributed by atoms with Gasteiger partial charge in [-0.05, 0) is 118 Å². The average Bonchev–Trinajstić information content (AvgIpc) is 4.09. The molecule has 3 aromatic heterocycles. The number of anilines is 3. The maximum atomic E-state index is 13.0. The number of hydrogen-bond acceptors (Lipinski definition) is 10. The van der Waals surface area contributed by atoms with Crippen LogP contribution in [0.15, 0.2) is 30.7 Å². The van der Waals surface area contributed by atoms with Crippen LogP contribution < -0.4 is 37.2 Å². The fraction of sp³-hybridized carbons (Fsp3) is 0.378. The van der Waals surface area contributed by atoms with Crippen LogP contribution in [0.1, 0.15) is 71.6 Å². The smallest absolute Gasteiger partial charge is 0.444 e. The van der Waals surface area contributed by atoms with E-state index in [-0.39, 0.29) is 64.5 Å². The molecule has 0 bridgehead atoms. The molecule has 354 valence electrons. The van der Waals surface area contributed by atoms with E-state index < -0.39 is 23.5 Å². The largest absolute Gasteiger partial charge is 2.00 e. The first-order chi connectivity index (χ1) is 30.8. The number of ether oxygens (including phenoxy) is 1. The Morgan fingerprint density at radius 1 is 0.606 bits per heavy atom. The predicted molar refractivity (Wildman–Crippen MR) is 244 cm³/mol. The Labute approximate surface area is 398 Å². The van der Waals surface area contributed by atoms with Crippen molar-refractivity contribution in [1.82, 2.24) is 44.9 Å². The van der Waals surface area contributed by atoms with Crippen LogP contribution in [0, 0.1) is 63.2 Å². The normalized spacial score (nSPS) is 13.8. The van der Waals surface area contributed by atoms with E-state index >= 15 is 0 Å². The van der Waals surface area contributed by atoms with Crippen LogP contribution in [0.5, 0.6) is 0 Å². The standard InChI is InChI=1S/C32H41N10O5.C13H19N2O3.Fe/c1-39(2)15-9-14-34-30(45)24-17-23(19-40(24)3)36-32(47)28-37-26(20-42(28)5)38-31(46)25-16-22(18-41(25)4)35-27(43)12-8-13-33-29(44)21-10-6-7-11-21;1-13(2,3)18-12(17)15-9-8-14-11(16)10-6-4-5-7-10;/h6-7,10-11,16-20H,8-9,12-15H2,1-5H3,(H,33,44)(H,34,45)(H,35,43)(H,36,47)(H,38,46);4-7H,8-9H2,1-3H3,(H,14,16)(H,15,17);/q;;+2. The van der Waals surface area contributed by atoms with Gasteiger partial charge in [0, 0.05) is 72.3 Å². The summed E-state index contributed by atoms with van der Waals surface area (Å²) in [5.41, 5.74) is 1.01. The van der Waals surface area contributed by atoms with Gasteiger partial charge in [0.2, 0.25) is 23.5 Å². The van der Waals surface area contributed by atoms with Gasteiger partial charge < -0.3 is 60.6 Å². The second-order valence-corrected chi connectivity index (χ2v) is 16.3. The third-order valence-electron chi connectivity index (χ3n) is 9.20. The molecule has 7 amide bonds. The zero-order valence-corrected chi connectivity index (χ0v) is 39.6. The molecule has 0 saturated heterocycles. The third kappa shape index (κ3) is 18.3. The minimum atomic E-state index is -0.522.